The Balaban J connectivity index is 2.41. The Labute approximate surface area is 54.4 Å². The summed E-state index contributed by atoms with van der Waals surface area (Å²) >= 11 is 0. The third-order valence-corrected chi connectivity index (χ3v) is 1.58. The van der Waals surface area contributed by atoms with Crippen LogP contribution in [-0.4, -0.2) is 19.3 Å². The third kappa shape index (κ3) is 1.41. The van der Waals surface area contributed by atoms with Gasteiger partial charge in [-0.15, -0.1) is 0 Å². The van der Waals surface area contributed by atoms with Gasteiger partial charge in [0, 0.05) is 12.6 Å². The van der Waals surface area contributed by atoms with E-state index in [1.54, 1.807) is 0 Å². The Hall–Kier alpha value is -0.590. The van der Waals surface area contributed by atoms with Gasteiger partial charge < -0.3 is 10.5 Å². The van der Waals surface area contributed by atoms with E-state index < -0.39 is 0 Å². The monoisotopic (exact) mass is 126 g/mol. The Morgan fingerprint density at radius 2 is 2.44 bits per heavy atom. The summed E-state index contributed by atoms with van der Waals surface area (Å²) in [6.45, 7) is 1.22. The molecule has 3 nitrogen and oxygen atoms in total. The van der Waals surface area contributed by atoms with Gasteiger partial charge >= 0.3 is 0 Å². The van der Waals surface area contributed by atoms with Crippen molar-refractivity contribution in [3.8, 4) is 6.07 Å². The van der Waals surface area contributed by atoms with Gasteiger partial charge in [0.1, 0.15) is 0 Å². The highest BCUT2D eigenvalue weighted by atomic mass is 16.5. The van der Waals surface area contributed by atoms with Gasteiger partial charge in [-0.25, -0.2) is 0 Å². The van der Waals surface area contributed by atoms with Crippen LogP contribution in [0.15, 0.2) is 0 Å². The average molecular weight is 126 g/mol. The number of nitrogens with zero attached hydrogens (tertiary/aromatic N) is 1. The molecule has 1 rings (SSSR count). The molecule has 0 amide bonds. The lowest BCUT2D eigenvalue weighted by Crippen LogP contribution is -2.37. The van der Waals surface area contributed by atoms with Crippen LogP contribution in [0.3, 0.4) is 0 Å². The minimum absolute atomic E-state index is 0.0312. The van der Waals surface area contributed by atoms with E-state index in [9.17, 15) is 0 Å². The summed E-state index contributed by atoms with van der Waals surface area (Å²) in [7, 11) is 0. The average Bonchev–Trinajstić information content (AvgIpc) is 1.89. The first kappa shape index (κ1) is 6.53. The van der Waals surface area contributed by atoms with Crippen LogP contribution < -0.4 is 5.73 Å². The highest BCUT2D eigenvalue weighted by Crippen LogP contribution is 2.10. The minimum Gasteiger partial charge on any atom is -0.380 e. The highest BCUT2D eigenvalue weighted by Gasteiger charge is 2.21. The fraction of sp³-hybridized carbons (Fsp3) is 0.833. The molecular formula is C6H10N2O. The van der Waals surface area contributed by atoms with E-state index in [1.807, 2.05) is 0 Å². The maximum Gasteiger partial charge on any atom is 0.0848 e. The third-order valence-electron chi connectivity index (χ3n) is 1.58. The number of hydrogen-bond acceptors (Lipinski definition) is 3. The van der Waals surface area contributed by atoms with Crippen molar-refractivity contribution in [2.75, 3.05) is 13.2 Å². The molecule has 0 aromatic rings. The summed E-state index contributed by atoms with van der Waals surface area (Å²) in [6.07, 6.45) is 0.818. The van der Waals surface area contributed by atoms with Crippen molar-refractivity contribution in [1.82, 2.24) is 0 Å². The summed E-state index contributed by atoms with van der Waals surface area (Å²) in [5.74, 6) is -0.0845. The molecule has 9 heavy (non-hydrogen) atoms. The molecule has 0 radical (unpaired) electrons. The van der Waals surface area contributed by atoms with Crippen LogP contribution in [0, 0.1) is 17.2 Å². The SMILES string of the molecule is N#C[C@H]1COCC[C@@H]1N. The zero-order valence-electron chi connectivity index (χ0n) is 5.21. The standard InChI is InChI=1S/C6H10N2O/c7-3-5-4-9-2-1-6(5)8/h5-6H,1-2,4,8H2/t5-,6-/m0/s1. The van der Waals surface area contributed by atoms with Gasteiger partial charge in [0.25, 0.3) is 0 Å². The Kier molecular flexibility index (Phi) is 2.04. The molecule has 0 aromatic carbocycles. The van der Waals surface area contributed by atoms with Gasteiger partial charge in [-0.05, 0) is 6.42 Å². The maximum absolute atomic E-state index is 8.45. The van der Waals surface area contributed by atoms with Crippen LogP contribution in [0.2, 0.25) is 0 Å². The first-order chi connectivity index (χ1) is 4.34. The largest absolute Gasteiger partial charge is 0.380 e. The van der Waals surface area contributed by atoms with Crippen LogP contribution in [-0.2, 0) is 4.74 Å². The van der Waals surface area contributed by atoms with E-state index in [2.05, 4.69) is 6.07 Å². The van der Waals surface area contributed by atoms with Gasteiger partial charge in [-0.2, -0.15) is 5.26 Å². The van der Waals surface area contributed by atoms with Crippen molar-refractivity contribution in [3.63, 3.8) is 0 Å². The zero-order chi connectivity index (χ0) is 6.69. The normalized spacial score (nSPS) is 35.6. The van der Waals surface area contributed by atoms with E-state index in [4.69, 9.17) is 15.7 Å². The molecular weight excluding hydrogens is 116 g/mol. The second kappa shape index (κ2) is 2.81. The van der Waals surface area contributed by atoms with Gasteiger partial charge in [-0.3, -0.25) is 0 Å². The van der Waals surface area contributed by atoms with E-state index in [0.29, 0.717) is 13.2 Å². The minimum atomic E-state index is -0.0845. The molecule has 2 atom stereocenters. The van der Waals surface area contributed by atoms with Crippen molar-refractivity contribution in [2.24, 2.45) is 11.7 Å². The summed E-state index contributed by atoms with van der Waals surface area (Å²) in [5, 5.41) is 8.45. The number of nitriles is 1. The molecule has 2 N–H and O–H groups in total. The molecule has 1 fully saturated rings. The quantitative estimate of drug-likeness (QED) is 0.492. The molecule has 1 heterocycles. The fourth-order valence-corrected chi connectivity index (χ4v) is 0.888. The van der Waals surface area contributed by atoms with Crippen LogP contribution in [0.4, 0.5) is 0 Å². The Morgan fingerprint density at radius 3 is 2.89 bits per heavy atom. The predicted octanol–water partition coefficient (Wildman–Crippen LogP) is -0.126. The van der Waals surface area contributed by atoms with Gasteiger partial charge in [-0.1, -0.05) is 0 Å². The van der Waals surface area contributed by atoms with E-state index >= 15 is 0 Å². The van der Waals surface area contributed by atoms with Gasteiger partial charge in [0.05, 0.1) is 18.6 Å². The molecule has 0 unspecified atom stereocenters. The van der Waals surface area contributed by atoms with Gasteiger partial charge in [0.2, 0.25) is 0 Å². The zero-order valence-corrected chi connectivity index (χ0v) is 5.21. The first-order valence-electron chi connectivity index (χ1n) is 3.07. The van der Waals surface area contributed by atoms with Crippen LogP contribution in [0.1, 0.15) is 6.42 Å². The fourth-order valence-electron chi connectivity index (χ4n) is 0.888. The summed E-state index contributed by atoms with van der Waals surface area (Å²) < 4.78 is 5.04. The first-order valence-corrected chi connectivity index (χ1v) is 3.07. The Morgan fingerprint density at radius 1 is 1.67 bits per heavy atom. The van der Waals surface area contributed by atoms with Gasteiger partial charge in [0.15, 0.2) is 0 Å². The maximum atomic E-state index is 8.45. The predicted molar refractivity (Wildman–Crippen MR) is 32.5 cm³/mol. The number of hydrogen-bond donors (Lipinski definition) is 1. The van der Waals surface area contributed by atoms with Crippen molar-refractivity contribution in [1.29, 1.82) is 5.26 Å². The molecule has 0 aliphatic carbocycles. The number of rotatable bonds is 0. The molecule has 1 aliphatic rings. The molecule has 50 valence electrons. The Bertz CT molecular complexity index is 130. The molecule has 3 heteroatoms. The van der Waals surface area contributed by atoms with E-state index in [0.717, 1.165) is 6.42 Å². The second-order valence-electron chi connectivity index (χ2n) is 2.26. The lowest BCUT2D eigenvalue weighted by atomic mass is 9.99. The summed E-state index contributed by atoms with van der Waals surface area (Å²) in [4.78, 5) is 0. The van der Waals surface area contributed by atoms with Crippen LogP contribution in [0.5, 0.6) is 0 Å². The van der Waals surface area contributed by atoms with Crippen LogP contribution in [0.25, 0.3) is 0 Å². The van der Waals surface area contributed by atoms with E-state index in [-0.39, 0.29) is 12.0 Å². The summed E-state index contributed by atoms with van der Waals surface area (Å²) in [6, 6.07) is 2.13. The van der Waals surface area contributed by atoms with Crippen LogP contribution >= 0.6 is 0 Å². The lowest BCUT2D eigenvalue weighted by molar-refractivity contribution is 0.0615. The molecule has 0 saturated carbocycles. The number of ether oxygens (including phenoxy) is 1. The summed E-state index contributed by atoms with van der Waals surface area (Å²) in [5.41, 5.74) is 5.59. The molecule has 1 aliphatic heterocycles. The molecule has 0 spiro atoms. The second-order valence-corrected chi connectivity index (χ2v) is 2.26. The smallest absolute Gasteiger partial charge is 0.0848 e. The molecule has 0 aromatic heterocycles. The van der Waals surface area contributed by atoms with Crippen molar-refractivity contribution >= 4 is 0 Å². The van der Waals surface area contributed by atoms with Crippen molar-refractivity contribution in [2.45, 2.75) is 12.5 Å². The molecule has 1 saturated heterocycles. The van der Waals surface area contributed by atoms with E-state index in [1.165, 1.54) is 0 Å². The lowest BCUT2D eigenvalue weighted by Gasteiger charge is -2.22. The molecule has 0 bridgehead atoms. The number of nitrogens with two attached hydrogens (primary N) is 1. The highest BCUT2D eigenvalue weighted by molar-refractivity contribution is 4.92. The van der Waals surface area contributed by atoms with Crippen molar-refractivity contribution < 1.29 is 4.74 Å². The topological polar surface area (TPSA) is 59.0 Å². The van der Waals surface area contributed by atoms with Crippen molar-refractivity contribution in [3.05, 3.63) is 0 Å².